The number of rotatable bonds is 6. The van der Waals surface area contributed by atoms with Crippen LogP contribution in [0.4, 0.5) is 5.69 Å². The Morgan fingerprint density at radius 1 is 1.12 bits per heavy atom. The third kappa shape index (κ3) is 4.37. The molecule has 6 nitrogen and oxygen atoms in total. The maximum Gasteiger partial charge on any atom is 0.244 e. The van der Waals surface area contributed by atoms with Crippen LogP contribution >= 0.6 is 0 Å². The number of methoxy groups -OCH3 is 1. The second-order valence-corrected chi connectivity index (χ2v) is 7.44. The Balaban J connectivity index is 2.17. The third-order valence-electron chi connectivity index (χ3n) is 4.00. The van der Waals surface area contributed by atoms with E-state index in [-0.39, 0.29) is 23.1 Å². The summed E-state index contributed by atoms with van der Waals surface area (Å²) >= 11 is 0. The number of benzene rings is 2. The van der Waals surface area contributed by atoms with E-state index >= 15 is 0 Å². The Labute approximate surface area is 148 Å². The summed E-state index contributed by atoms with van der Waals surface area (Å²) in [6, 6.07) is 12.2. The minimum atomic E-state index is -3.88. The lowest BCUT2D eigenvalue weighted by Gasteiger charge is -2.18. The van der Waals surface area contributed by atoms with Crippen molar-refractivity contribution in [3.8, 4) is 5.75 Å². The van der Waals surface area contributed by atoms with Gasteiger partial charge in [0.1, 0.15) is 10.6 Å². The molecule has 0 aliphatic heterocycles. The molecule has 0 spiro atoms. The van der Waals surface area contributed by atoms with E-state index in [0.717, 1.165) is 11.1 Å². The smallest absolute Gasteiger partial charge is 0.244 e. The van der Waals surface area contributed by atoms with E-state index < -0.39 is 10.0 Å². The van der Waals surface area contributed by atoms with Crippen LogP contribution in [0, 0.1) is 13.8 Å². The molecule has 0 radical (unpaired) electrons. The Kier molecular flexibility index (Phi) is 5.81. The number of para-hydroxylation sites is 1. The molecule has 0 aliphatic rings. The van der Waals surface area contributed by atoms with E-state index in [0.29, 0.717) is 5.69 Å². The van der Waals surface area contributed by atoms with Gasteiger partial charge in [0.15, 0.2) is 0 Å². The highest BCUT2D eigenvalue weighted by atomic mass is 32.2. The number of hydrogen-bond acceptors (Lipinski definition) is 4. The summed E-state index contributed by atoms with van der Waals surface area (Å²) in [5, 5.41) is 0. The Hall–Kier alpha value is -2.38. The molecule has 0 saturated heterocycles. The lowest BCUT2D eigenvalue weighted by atomic mass is 10.1. The number of carbonyl (C=O) groups excluding carboxylic acids is 1. The van der Waals surface area contributed by atoms with Crippen LogP contribution in [0.1, 0.15) is 11.1 Å². The van der Waals surface area contributed by atoms with Gasteiger partial charge in [0.2, 0.25) is 15.9 Å². The number of nitrogens with zero attached hydrogens (tertiary/aromatic N) is 1. The first kappa shape index (κ1) is 19.0. The average molecular weight is 362 g/mol. The fourth-order valence-electron chi connectivity index (χ4n) is 2.28. The van der Waals surface area contributed by atoms with Crippen molar-refractivity contribution in [2.24, 2.45) is 0 Å². The monoisotopic (exact) mass is 362 g/mol. The van der Waals surface area contributed by atoms with Crippen molar-refractivity contribution in [3.05, 3.63) is 53.6 Å². The van der Waals surface area contributed by atoms with Gasteiger partial charge in [0.25, 0.3) is 0 Å². The molecule has 1 N–H and O–H groups in total. The minimum absolute atomic E-state index is 0.0215. The van der Waals surface area contributed by atoms with E-state index in [4.69, 9.17) is 4.74 Å². The molecule has 25 heavy (non-hydrogen) atoms. The van der Waals surface area contributed by atoms with Crippen molar-refractivity contribution in [3.63, 3.8) is 0 Å². The molecule has 7 heteroatoms. The van der Waals surface area contributed by atoms with Gasteiger partial charge >= 0.3 is 0 Å². The topological polar surface area (TPSA) is 75.7 Å². The van der Waals surface area contributed by atoms with Crippen molar-refractivity contribution in [1.82, 2.24) is 4.72 Å². The van der Waals surface area contributed by atoms with E-state index in [1.165, 1.54) is 12.0 Å². The SMILES string of the molecule is COc1cc(C)c(C)cc1S(=O)(=O)NCC(=O)N(C)c1ccccc1. The van der Waals surface area contributed by atoms with Gasteiger partial charge in [-0.25, -0.2) is 13.1 Å². The fourth-order valence-corrected chi connectivity index (χ4v) is 3.49. The summed E-state index contributed by atoms with van der Waals surface area (Å²) in [6.07, 6.45) is 0. The van der Waals surface area contributed by atoms with Gasteiger partial charge < -0.3 is 9.64 Å². The van der Waals surface area contributed by atoms with Gasteiger partial charge in [0, 0.05) is 12.7 Å². The molecule has 0 unspecified atom stereocenters. The van der Waals surface area contributed by atoms with Crippen molar-refractivity contribution >= 4 is 21.6 Å². The molecular formula is C18H22N2O4S. The number of ether oxygens (including phenoxy) is 1. The summed E-state index contributed by atoms with van der Waals surface area (Å²) in [6.45, 7) is 3.35. The number of carbonyl (C=O) groups is 1. The lowest BCUT2D eigenvalue weighted by Crippen LogP contribution is -2.38. The third-order valence-corrected chi connectivity index (χ3v) is 5.42. The fraction of sp³-hybridized carbons (Fsp3) is 0.278. The van der Waals surface area contributed by atoms with Gasteiger partial charge in [0.05, 0.1) is 13.7 Å². The largest absolute Gasteiger partial charge is 0.495 e. The van der Waals surface area contributed by atoms with Gasteiger partial charge in [-0.15, -0.1) is 0 Å². The zero-order valence-electron chi connectivity index (χ0n) is 14.7. The van der Waals surface area contributed by atoms with Crippen LogP contribution in [0.3, 0.4) is 0 Å². The summed E-state index contributed by atoms with van der Waals surface area (Å²) in [5.41, 5.74) is 2.44. The molecular weight excluding hydrogens is 340 g/mol. The first-order valence-corrected chi connectivity index (χ1v) is 9.21. The van der Waals surface area contributed by atoms with Crippen molar-refractivity contribution in [2.45, 2.75) is 18.7 Å². The quantitative estimate of drug-likeness (QED) is 0.855. The molecule has 0 aliphatic carbocycles. The van der Waals surface area contributed by atoms with Gasteiger partial charge in [-0.2, -0.15) is 0 Å². The Morgan fingerprint density at radius 2 is 1.72 bits per heavy atom. The van der Waals surface area contributed by atoms with Gasteiger partial charge in [-0.3, -0.25) is 4.79 Å². The Bertz CT molecular complexity index is 864. The second kappa shape index (κ2) is 7.67. The molecule has 0 fully saturated rings. The first-order valence-electron chi connectivity index (χ1n) is 7.72. The Morgan fingerprint density at radius 3 is 2.32 bits per heavy atom. The molecule has 2 rings (SSSR count). The molecule has 0 saturated carbocycles. The highest BCUT2D eigenvalue weighted by molar-refractivity contribution is 7.89. The molecule has 1 amide bonds. The van der Waals surface area contributed by atoms with E-state index in [1.54, 1.807) is 31.3 Å². The summed E-state index contributed by atoms with van der Waals surface area (Å²) in [7, 11) is -0.862. The molecule has 2 aromatic rings. The summed E-state index contributed by atoms with van der Waals surface area (Å²) in [4.78, 5) is 13.7. The van der Waals surface area contributed by atoms with E-state index in [1.807, 2.05) is 32.0 Å². The van der Waals surface area contributed by atoms with Gasteiger partial charge in [-0.05, 0) is 49.2 Å². The maximum atomic E-state index is 12.6. The number of likely N-dealkylation sites (N-methyl/N-ethyl adjacent to an activating group) is 1. The highest BCUT2D eigenvalue weighted by Crippen LogP contribution is 2.27. The zero-order chi connectivity index (χ0) is 18.6. The van der Waals surface area contributed by atoms with Crippen molar-refractivity contribution in [2.75, 3.05) is 25.6 Å². The number of hydrogen-bond donors (Lipinski definition) is 1. The zero-order valence-corrected chi connectivity index (χ0v) is 15.6. The summed E-state index contributed by atoms with van der Waals surface area (Å²) in [5.74, 6) is -0.114. The second-order valence-electron chi connectivity index (χ2n) is 5.70. The van der Waals surface area contributed by atoms with Crippen molar-refractivity contribution in [1.29, 1.82) is 0 Å². The molecule has 0 aromatic heterocycles. The van der Waals surface area contributed by atoms with E-state index in [9.17, 15) is 13.2 Å². The molecule has 0 heterocycles. The van der Waals surface area contributed by atoms with Crippen LogP contribution < -0.4 is 14.4 Å². The first-order chi connectivity index (χ1) is 11.8. The van der Waals surface area contributed by atoms with Crippen LogP contribution in [0.5, 0.6) is 5.75 Å². The number of nitrogens with one attached hydrogen (secondary N) is 1. The summed E-state index contributed by atoms with van der Waals surface area (Å²) < 4.78 is 32.7. The minimum Gasteiger partial charge on any atom is -0.495 e. The maximum absolute atomic E-state index is 12.6. The van der Waals surface area contributed by atoms with E-state index in [2.05, 4.69) is 4.72 Å². The lowest BCUT2D eigenvalue weighted by molar-refractivity contribution is -0.117. The molecule has 0 bridgehead atoms. The number of sulfonamides is 1. The number of anilines is 1. The number of aryl methyl sites for hydroxylation is 2. The highest BCUT2D eigenvalue weighted by Gasteiger charge is 2.22. The normalized spacial score (nSPS) is 11.2. The molecule has 2 aromatic carbocycles. The van der Waals surface area contributed by atoms with Crippen LogP contribution in [-0.2, 0) is 14.8 Å². The van der Waals surface area contributed by atoms with Crippen LogP contribution in [0.25, 0.3) is 0 Å². The molecule has 0 atom stereocenters. The number of amides is 1. The predicted octanol–water partition coefficient (Wildman–Crippen LogP) is 2.25. The molecule has 134 valence electrons. The van der Waals surface area contributed by atoms with Crippen molar-refractivity contribution < 1.29 is 17.9 Å². The van der Waals surface area contributed by atoms with Gasteiger partial charge in [-0.1, -0.05) is 18.2 Å². The van der Waals surface area contributed by atoms with Crippen LogP contribution in [-0.4, -0.2) is 35.0 Å². The standard InChI is InChI=1S/C18H22N2O4S/c1-13-10-16(24-4)17(11-14(13)2)25(22,23)19-12-18(21)20(3)15-8-6-5-7-9-15/h5-11,19H,12H2,1-4H3. The van der Waals surface area contributed by atoms with Crippen LogP contribution in [0.2, 0.25) is 0 Å². The van der Waals surface area contributed by atoms with Crippen LogP contribution in [0.15, 0.2) is 47.4 Å². The predicted molar refractivity (Wildman–Crippen MR) is 97.5 cm³/mol. The average Bonchev–Trinajstić information content (AvgIpc) is 2.61.